The molecular formula is C2H4NiS2. The number of hydrogen-bond donors (Lipinski definition) is 2. The second-order valence-electron chi connectivity index (χ2n) is 0.298. The van der Waals surface area contributed by atoms with Crippen molar-refractivity contribution >= 4 is 25.3 Å². The minimum atomic E-state index is 0. The minimum absolute atomic E-state index is 0. The van der Waals surface area contributed by atoms with E-state index in [1.54, 1.807) is 10.8 Å². The molecule has 3 heteroatoms. The van der Waals surface area contributed by atoms with E-state index in [-0.39, 0.29) is 16.5 Å². The van der Waals surface area contributed by atoms with Crippen molar-refractivity contribution in [2.24, 2.45) is 0 Å². The van der Waals surface area contributed by atoms with E-state index in [2.05, 4.69) is 25.3 Å². The molecule has 0 fully saturated rings. The fourth-order valence-corrected chi connectivity index (χ4v) is 0. The Bertz CT molecular complexity index is 22.8. The van der Waals surface area contributed by atoms with E-state index in [0.717, 1.165) is 0 Å². The maximum absolute atomic E-state index is 3.66. The summed E-state index contributed by atoms with van der Waals surface area (Å²) in [5, 5.41) is 3.12. The monoisotopic (exact) mass is 150 g/mol. The van der Waals surface area contributed by atoms with Crippen molar-refractivity contribution in [3.05, 3.63) is 10.8 Å². The third-order valence-corrected chi connectivity index (χ3v) is 0.600. The van der Waals surface area contributed by atoms with E-state index >= 15 is 0 Å². The molecule has 0 atom stereocenters. The molecule has 0 aromatic rings. The Morgan fingerprint density at radius 3 is 1.20 bits per heavy atom. The summed E-state index contributed by atoms with van der Waals surface area (Å²) in [5.74, 6) is 0. The summed E-state index contributed by atoms with van der Waals surface area (Å²) in [4.78, 5) is 0. The summed E-state index contributed by atoms with van der Waals surface area (Å²) >= 11 is 7.33. The van der Waals surface area contributed by atoms with E-state index < -0.39 is 0 Å². The van der Waals surface area contributed by atoms with E-state index in [1.807, 2.05) is 0 Å². The Balaban J connectivity index is 0. The molecule has 0 aliphatic heterocycles. The Morgan fingerprint density at radius 2 is 1.20 bits per heavy atom. The van der Waals surface area contributed by atoms with Gasteiger partial charge in [-0.25, -0.2) is 0 Å². The summed E-state index contributed by atoms with van der Waals surface area (Å²) < 4.78 is 0. The molecule has 0 aliphatic rings. The van der Waals surface area contributed by atoms with Gasteiger partial charge in [-0.3, -0.25) is 0 Å². The molecule has 0 aromatic carbocycles. The van der Waals surface area contributed by atoms with Crippen LogP contribution in [0.1, 0.15) is 0 Å². The predicted octanol–water partition coefficient (Wildman–Crippen LogP) is 1.31. The molecule has 0 nitrogen and oxygen atoms in total. The molecule has 0 aliphatic carbocycles. The Kier molecular flexibility index (Phi) is 16.6. The van der Waals surface area contributed by atoms with Gasteiger partial charge >= 0.3 is 0 Å². The normalized spacial score (nSPS) is 7.60. The summed E-state index contributed by atoms with van der Waals surface area (Å²) in [5.41, 5.74) is 0. The summed E-state index contributed by atoms with van der Waals surface area (Å²) in [6, 6.07) is 0. The second kappa shape index (κ2) is 8.87. The van der Waals surface area contributed by atoms with Gasteiger partial charge in [0.2, 0.25) is 0 Å². The molecule has 0 N–H and O–H groups in total. The van der Waals surface area contributed by atoms with E-state index in [0.29, 0.717) is 0 Å². The first-order valence-corrected chi connectivity index (χ1v) is 1.88. The molecular weight excluding hydrogens is 147 g/mol. The molecule has 0 saturated carbocycles. The van der Waals surface area contributed by atoms with Crippen LogP contribution in [-0.4, -0.2) is 0 Å². The molecule has 0 aromatic heterocycles. The van der Waals surface area contributed by atoms with Crippen LogP contribution in [0.5, 0.6) is 0 Å². The number of thiol groups is 2. The van der Waals surface area contributed by atoms with Crippen molar-refractivity contribution in [1.82, 2.24) is 0 Å². The molecule has 0 radical (unpaired) electrons. The average Bonchev–Trinajstić information content (AvgIpc) is 1.37. The molecule has 0 bridgehead atoms. The third kappa shape index (κ3) is 11.4. The first-order chi connectivity index (χ1) is 1.91. The van der Waals surface area contributed by atoms with Crippen molar-refractivity contribution in [3.63, 3.8) is 0 Å². The van der Waals surface area contributed by atoms with Gasteiger partial charge in [0.1, 0.15) is 0 Å². The second-order valence-corrected chi connectivity index (χ2v) is 0.894. The van der Waals surface area contributed by atoms with Gasteiger partial charge in [0, 0.05) is 16.5 Å². The van der Waals surface area contributed by atoms with Gasteiger partial charge in [0.15, 0.2) is 0 Å². The van der Waals surface area contributed by atoms with E-state index in [9.17, 15) is 0 Å². The molecule has 0 spiro atoms. The van der Waals surface area contributed by atoms with Gasteiger partial charge in [-0.1, -0.05) is 0 Å². The average molecular weight is 151 g/mol. The Morgan fingerprint density at radius 1 is 1.00 bits per heavy atom. The quantitative estimate of drug-likeness (QED) is 0.378. The predicted molar refractivity (Wildman–Crippen MR) is 27.1 cm³/mol. The maximum Gasteiger partial charge on any atom is 0 e. The number of rotatable bonds is 0. The summed E-state index contributed by atoms with van der Waals surface area (Å²) in [6.07, 6.45) is 0. The van der Waals surface area contributed by atoms with Crippen LogP contribution in [0.2, 0.25) is 0 Å². The van der Waals surface area contributed by atoms with Gasteiger partial charge in [-0.15, -0.1) is 0 Å². The number of hydrogen-bond acceptors (Lipinski definition) is 2. The molecule has 0 saturated heterocycles. The van der Waals surface area contributed by atoms with Crippen LogP contribution in [-0.2, 0) is 16.5 Å². The van der Waals surface area contributed by atoms with Crippen molar-refractivity contribution < 1.29 is 16.5 Å². The first kappa shape index (κ1) is 9.33. The fraction of sp³-hybridized carbons (Fsp3) is 0. The molecule has 5 heavy (non-hydrogen) atoms. The van der Waals surface area contributed by atoms with Crippen molar-refractivity contribution in [2.45, 2.75) is 0 Å². The standard InChI is InChI=1S/C2H4S2.Ni/c3-1-2-4;/h1-4H;/b2-1+;. The fourth-order valence-electron chi connectivity index (χ4n) is 0. The van der Waals surface area contributed by atoms with Gasteiger partial charge < -0.3 is 0 Å². The molecule has 34 valence electrons. The van der Waals surface area contributed by atoms with Crippen molar-refractivity contribution in [2.75, 3.05) is 0 Å². The Hall–Kier alpha value is 0.934. The van der Waals surface area contributed by atoms with Crippen LogP contribution < -0.4 is 0 Å². The molecule has 0 amide bonds. The smallest absolute Gasteiger partial charge is 0 e. The molecule has 0 unspecified atom stereocenters. The van der Waals surface area contributed by atoms with Gasteiger partial charge in [-0.2, -0.15) is 25.3 Å². The van der Waals surface area contributed by atoms with E-state index in [1.165, 1.54) is 0 Å². The van der Waals surface area contributed by atoms with Gasteiger partial charge in [0.25, 0.3) is 0 Å². The SMILES string of the molecule is S/C=C/S.[Ni]. The van der Waals surface area contributed by atoms with Crippen LogP contribution in [0.4, 0.5) is 0 Å². The van der Waals surface area contributed by atoms with Crippen molar-refractivity contribution in [1.29, 1.82) is 0 Å². The minimum Gasteiger partial charge on any atom is -0.151 e. The van der Waals surface area contributed by atoms with Crippen LogP contribution in [0, 0.1) is 0 Å². The van der Waals surface area contributed by atoms with Crippen LogP contribution in [0.15, 0.2) is 10.8 Å². The first-order valence-electron chi connectivity index (χ1n) is 0.850. The van der Waals surface area contributed by atoms with Crippen LogP contribution in [0.25, 0.3) is 0 Å². The maximum atomic E-state index is 3.66. The third-order valence-electron chi connectivity index (χ3n) is 0.0667. The molecule has 0 heterocycles. The zero-order valence-electron chi connectivity index (χ0n) is 2.37. The zero-order chi connectivity index (χ0) is 3.41. The van der Waals surface area contributed by atoms with Crippen molar-refractivity contribution in [3.8, 4) is 0 Å². The van der Waals surface area contributed by atoms with Crippen LogP contribution >= 0.6 is 25.3 Å². The van der Waals surface area contributed by atoms with Crippen LogP contribution in [0.3, 0.4) is 0 Å². The van der Waals surface area contributed by atoms with Gasteiger partial charge in [-0.05, 0) is 10.8 Å². The zero-order valence-corrected chi connectivity index (χ0v) is 5.14. The van der Waals surface area contributed by atoms with Gasteiger partial charge in [0.05, 0.1) is 0 Å². The summed E-state index contributed by atoms with van der Waals surface area (Å²) in [6.45, 7) is 0. The molecule has 0 rings (SSSR count). The topological polar surface area (TPSA) is 0 Å². The van der Waals surface area contributed by atoms with E-state index in [4.69, 9.17) is 0 Å². The largest absolute Gasteiger partial charge is 0.151 e. The summed E-state index contributed by atoms with van der Waals surface area (Å²) in [7, 11) is 0. The Labute approximate surface area is 52.8 Å².